The molecule has 0 N–H and O–H groups in total. The van der Waals surface area contributed by atoms with E-state index in [0.29, 0.717) is 45.6 Å². The lowest BCUT2D eigenvalue weighted by atomic mass is 10.1. The lowest BCUT2D eigenvalue weighted by Gasteiger charge is -2.10. The van der Waals surface area contributed by atoms with Crippen LogP contribution in [0.2, 0.25) is 5.02 Å². The van der Waals surface area contributed by atoms with Crippen LogP contribution in [0.4, 0.5) is 0 Å². The first-order chi connectivity index (χ1) is 14.6. The molecule has 1 heterocycles. The van der Waals surface area contributed by atoms with Crippen LogP contribution in [0.5, 0.6) is 17.2 Å². The van der Waals surface area contributed by atoms with Gasteiger partial charge in [-0.05, 0) is 53.6 Å². The molecule has 30 heavy (non-hydrogen) atoms. The van der Waals surface area contributed by atoms with Gasteiger partial charge in [0.2, 0.25) is 0 Å². The molecule has 0 aliphatic rings. The van der Waals surface area contributed by atoms with Crippen LogP contribution in [-0.4, -0.2) is 14.2 Å². The third-order valence-electron chi connectivity index (χ3n) is 4.70. The standard InChI is InChI=1S/C24H19ClO5/c1-27-21-9-7-16(12-23(21)28-2)20-11-17-6-8-19(13-22(17)30-24(20)26)29-14-15-4-3-5-18(25)10-15/h3-13H,14H2,1-2H3. The molecule has 0 spiro atoms. The van der Waals surface area contributed by atoms with E-state index in [4.69, 9.17) is 30.2 Å². The Morgan fingerprint density at radius 1 is 0.900 bits per heavy atom. The molecule has 0 saturated carbocycles. The van der Waals surface area contributed by atoms with Gasteiger partial charge < -0.3 is 18.6 Å². The van der Waals surface area contributed by atoms with Crippen molar-refractivity contribution in [1.82, 2.24) is 0 Å². The molecule has 0 amide bonds. The molecule has 0 atom stereocenters. The van der Waals surface area contributed by atoms with Gasteiger partial charge in [-0.3, -0.25) is 0 Å². The average Bonchev–Trinajstić information content (AvgIpc) is 2.76. The van der Waals surface area contributed by atoms with Crippen molar-refractivity contribution in [3.63, 3.8) is 0 Å². The Labute approximate surface area is 178 Å². The average molecular weight is 423 g/mol. The lowest BCUT2D eigenvalue weighted by molar-refractivity contribution is 0.306. The van der Waals surface area contributed by atoms with Crippen molar-refractivity contribution in [2.45, 2.75) is 6.61 Å². The first kappa shape index (κ1) is 19.9. The maximum atomic E-state index is 12.6. The minimum Gasteiger partial charge on any atom is -0.493 e. The van der Waals surface area contributed by atoms with Crippen LogP contribution in [0.25, 0.3) is 22.1 Å². The van der Waals surface area contributed by atoms with Crippen LogP contribution in [0.15, 0.2) is 75.9 Å². The fourth-order valence-corrected chi connectivity index (χ4v) is 3.39. The van der Waals surface area contributed by atoms with Crippen LogP contribution in [0.1, 0.15) is 5.56 Å². The zero-order valence-corrected chi connectivity index (χ0v) is 17.2. The third kappa shape index (κ3) is 4.11. The number of benzene rings is 3. The zero-order valence-electron chi connectivity index (χ0n) is 16.5. The molecule has 4 rings (SSSR count). The van der Waals surface area contributed by atoms with E-state index in [0.717, 1.165) is 10.9 Å². The second-order valence-electron chi connectivity index (χ2n) is 6.64. The smallest absolute Gasteiger partial charge is 0.344 e. The summed E-state index contributed by atoms with van der Waals surface area (Å²) in [6.45, 7) is 0.361. The van der Waals surface area contributed by atoms with Gasteiger partial charge in [0.15, 0.2) is 11.5 Å². The Hall–Kier alpha value is -3.44. The highest BCUT2D eigenvalue weighted by molar-refractivity contribution is 6.30. The first-order valence-corrected chi connectivity index (χ1v) is 9.63. The Morgan fingerprint density at radius 3 is 2.50 bits per heavy atom. The van der Waals surface area contributed by atoms with Crippen molar-refractivity contribution in [3.8, 4) is 28.4 Å². The number of hydrogen-bond acceptors (Lipinski definition) is 5. The van der Waals surface area contributed by atoms with Gasteiger partial charge in [0, 0.05) is 16.5 Å². The number of fused-ring (bicyclic) bond motifs is 1. The molecule has 0 unspecified atom stereocenters. The second-order valence-corrected chi connectivity index (χ2v) is 7.07. The van der Waals surface area contributed by atoms with Gasteiger partial charge in [-0.2, -0.15) is 0 Å². The second kappa shape index (κ2) is 8.51. The molecule has 0 saturated heterocycles. The van der Waals surface area contributed by atoms with Gasteiger partial charge >= 0.3 is 5.63 Å². The predicted octanol–water partition coefficient (Wildman–Crippen LogP) is 5.71. The van der Waals surface area contributed by atoms with E-state index >= 15 is 0 Å². The summed E-state index contributed by atoms with van der Waals surface area (Å²) in [5, 5.41) is 1.44. The fourth-order valence-electron chi connectivity index (χ4n) is 3.18. The van der Waals surface area contributed by atoms with E-state index in [-0.39, 0.29) is 0 Å². The normalized spacial score (nSPS) is 10.8. The molecule has 0 aliphatic carbocycles. The summed E-state index contributed by atoms with van der Waals surface area (Å²) >= 11 is 6.00. The molecule has 0 fully saturated rings. The van der Waals surface area contributed by atoms with E-state index in [1.165, 1.54) is 0 Å². The van der Waals surface area contributed by atoms with Gasteiger partial charge in [-0.1, -0.05) is 29.8 Å². The molecule has 3 aromatic carbocycles. The fraction of sp³-hybridized carbons (Fsp3) is 0.125. The molecule has 4 aromatic rings. The van der Waals surface area contributed by atoms with Crippen molar-refractivity contribution in [3.05, 3.63) is 87.7 Å². The van der Waals surface area contributed by atoms with Crippen molar-refractivity contribution in [2.75, 3.05) is 14.2 Å². The van der Waals surface area contributed by atoms with E-state index in [9.17, 15) is 4.79 Å². The van der Waals surface area contributed by atoms with Gasteiger partial charge in [0.1, 0.15) is 17.9 Å². The van der Waals surface area contributed by atoms with Crippen LogP contribution in [-0.2, 0) is 6.61 Å². The van der Waals surface area contributed by atoms with Crippen molar-refractivity contribution < 1.29 is 18.6 Å². The first-order valence-electron chi connectivity index (χ1n) is 9.25. The third-order valence-corrected chi connectivity index (χ3v) is 4.93. The number of methoxy groups -OCH3 is 2. The van der Waals surface area contributed by atoms with E-state index in [1.807, 2.05) is 36.4 Å². The highest BCUT2D eigenvalue weighted by Gasteiger charge is 2.12. The Kier molecular flexibility index (Phi) is 5.63. The van der Waals surface area contributed by atoms with Crippen LogP contribution in [0.3, 0.4) is 0 Å². The Bertz CT molecular complexity index is 1260. The maximum Gasteiger partial charge on any atom is 0.344 e. The molecule has 5 nitrogen and oxygen atoms in total. The number of rotatable bonds is 6. The summed E-state index contributed by atoms with van der Waals surface area (Å²) in [5.74, 6) is 1.73. The minimum absolute atomic E-state index is 0.361. The number of hydrogen-bond donors (Lipinski definition) is 0. The lowest BCUT2D eigenvalue weighted by Crippen LogP contribution is -2.03. The minimum atomic E-state index is -0.443. The van der Waals surface area contributed by atoms with Gasteiger partial charge in [0.05, 0.1) is 19.8 Å². The summed E-state index contributed by atoms with van der Waals surface area (Å²) in [6.07, 6.45) is 0. The molecule has 0 bridgehead atoms. The number of halogens is 1. The summed E-state index contributed by atoms with van der Waals surface area (Å²) in [6, 6.07) is 20.0. The van der Waals surface area contributed by atoms with E-state index in [2.05, 4.69) is 0 Å². The van der Waals surface area contributed by atoms with E-state index < -0.39 is 5.63 Å². The molecule has 0 aliphatic heterocycles. The molecule has 1 aromatic heterocycles. The Morgan fingerprint density at radius 2 is 1.73 bits per heavy atom. The van der Waals surface area contributed by atoms with Crippen LogP contribution < -0.4 is 19.8 Å². The van der Waals surface area contributed by atoms with Crippen molar-refractivity contribution in [1.29, 1.82) is 0 Å². The highest BCUT2D eigenvalue weighted by Crippen LogP contribution is 2.32. The summed E-state index contributed by atoms with van der Waals surface area (Å²) < 4.78 is 22.0. The molecule has 6 heteroatoms. The zero-order chi connectivity index (χ0) is 21.1. The van der Waals surface area contributed by atoms with Crippen LogP contribution >= 0.6 is 11.6 Å². The molecular weight excluding hydrogens is 404 g/mol. The van der Waals surface area contributed by atoms with Gasteiger partial charge in [0.25, 0.3) is 0 Å². The largest absolute Gasteiger partial charge is 0.493 e. The van der Waals surface area contributed by atoms with Crippen molar-refractivity contribution >= 4 is 22.6 Å². The van der Waals surface area contributed by atoms with Crippen LogP contribution in [0, 0.1) is 0 Å². The number of ether oxygens (including phenoxy) is 3. The van der Waals surface area contributed by atoms with E-state index in [1.54, 1.807) is 44.6 Å². The van der Waals surface area contributed by atoms with Gasteiger partial charge in [-0.25, -0.2) is 4.79 Å². The quantitative estimate of drug-likeness (QED) is 0.372. The van der Waals surface area contributed by atoms with Gasteiger partial charge in [-0.15, -0.1) is 0 Å². The monoisotopic (exact) mass is 422 g/mol. The predicted molar refractivity (Wildman–Crippen MR) is 117 cm³/mol. The summed E-state index contributed by atoms with van der Waals surface area (Å²) in [5.41, 5.74) is 2.09. The topological polar surface area (TPSA) is 57.9 Å². The molecule has 152 valence electrons. The highest BCUT2D eigenvalue weighted by atomic mass is 35.5. The van der Waals surface area contributed by atoms with Crippen molar-refractivity contribution in [2.24, 2.45) is 0 Å². The molecular formula is C24H19ClO5. The SMILES string of the molecule is COc1ccc(-c2cc3ccc(OCc4cccc(Cl)c4)cc3oc2=O)cc1OC. The summed E-state index contributed by atoms with van der Waals surface area (Å²) in [7, 11) is 3.11. The Balaban J connectivity index is 1.63. The molecule has 0 radical (unpaired) electrons. The summed E-state index contributed by atoms with van der Waals surface area (Å²) in [4.78, 5) is 12.6. The maximum absolute atomic E-state index is 12.6.